The molecule has 0 aliphatic carbocycles. The molecule has 2 unspecified atom stereocenters. The van der Waals surface area contributed by atoms with Gasteiger partial charge in [0.2, 0.25) is 0 Å². The van der Waals surface area contributed by atoms with Crippen LogP contribution in [0.1, 0.15) is 60.0 Å². The number of carbonyl (C=O) groups excluding carboxylic acids is 1. The summed E-state index contributed by atoms with van der Waals surface area (Å²) in [4.78, 5) is 19.8. The van der Waals surface area contributed by atoms with E-state index in [1.807, 2.05) is 32.0 Å². The third-order valence-electron chi connectivity index (χ3n) is 4.00. The molecule has 0 aliphatic rings. The van der Waals surface area contributed by atoms with Gasteiger partial charge in [0.1, 0.15) is 0 Å². The molecule has 4 nitrogen and oxygen atoms in total. The van der Waals surface area contributed by atoms with Crippen molar-refractivity contribution in [2.45, 2.75) is 45.8 Å². The lowest BCUT2D eigenvalue weighted by Crippen LogP contribution is -2.33. The van der Waals surface area contributed by atoms with Crippen molar-refractivity contribution in [3.63, 3.8) is 0 Å². The molecule has 0 aliphatic heterocycles. The predicted molar refractivity (Wildman–Crippen MR) is 93.5 cm³/mol. The van der Waals surface area contributed by atoms with E-state index in [1.165, 1.54) is 0 Å². The van der Waals surface area contributed by atoms with Crippen LogP contribution in [0.15, 0.2) is 30.3 Å². The lowest BCUT2D eigenvalue weighted by molar-refractivity contribution is -0.141. The highest BCUT2D eigenvalue weighted by Crippen LogP contribution is 2.32. The molecule has 1 amide bonds. The van der Waals surface area contributed by atoms with Crippen molar-refractivity contribution in [3.8, 4) is 0 Å². The first-order valence-electron chi connectivity index (χ1n) is 7.79. The summed E-state index contributed by atoms with van der Waals surface area (Å²) in [7, 11) is 1.73. The quantitative estimate of drug-likeness (QED) is 0.905. The molecule has 23 heavy (non-hydrogen) atoms. The Morgan fingerprint density at radius 3 is 2.35 bits per heavy atom. The van der Waals surface area contributed by atoms with Gasteiger partial charge in [-0.05, 0) is 19.4 Å². The van der Waals surface area contributed by atoms with Crippen LogP contribution in [-0.2, 0) is 4.79 Å². The molecule has 124 valence electrons. The van der Waals surface area contributed by atoms with Crippen LogP contribution in [0, 0.1) is 6.92 Å². The molecule has 0 radical (unpaired) electrons. The molecule has 1 aromatic heterocycles. The third kappa shape index (κ3) is 3.79. The molecule has 1 heterocycles. The second-order valence-corrected chi connectivity index (χ2v) is 7.16. The zero-order valence-corrected chi connectivity index (χ0v) is 15.1. The summed E-state index contributed by atoms with van der Waals surface area (Å²) in [6.45, 7) is 8.17. The van der Waals surface area contributed by atoms with Crippen molar-refractivity contribution in [1.82, 2.24) is 9.88 Å². The Hall–Kier alpha value is -1.72. The number of amides is 1. The smallest absolute Gasteiger partial charge is 0.256 e. The van der Waals surface area contributed by atoms with E-state index in [0.717, 1.165) is 15.6 Å². The van der Waals surface area contributed by atoms with E-state index in [9.17, 15) is 9.90 Å². The van der Waals surface area contributed by atoms with Crippen molar-refractivity contribution >= 4 is 17.2 Å². The lowest BCUT2D eigenvalue weighted by Gasteiger charge is -2.27. The van der Waals surface area contributed by atoms with Crippen molar-refractivity contribution < 1.29 is 9.90 Å². The first-order chi connectivity index (χ1) is 10.8. The number of likely N-dealkylation sites (N-methyl/N-ethyl adjacent to an activating group) is 1. The van der Waals surface area contributed by atoms with Crippen molar-refractivity contribution in [1.29, 1.82) is 0 Å². The van der Waals surface area contributed by atoms with Gasteiger partial charge < -0.3 is 10.0 Å². The maximum atomic E-state index is 12.6. The number of benzene rings is 1. The molecule has 0 bridgehead atoms. The second kappa shape index (κ2) is 7.23. The van der Waals surface area contributed by atoms with E-state index in [0.29, 0.717) is 11.5 Å². The van der Waals surface area contributed by atoms with Gasteiger partial charge in [-0.3, -0.25) is 4.79 Å². The molecule has 0 saturated carbocycles. The maximum absolute atomic E-state index is 12.6. The Balaban J connectivity index is 2.19. The normalized spacial score (nSPS) is 13.9. The van der Waals surface area contributed by atoms with Crippen LogP contribution < -0.4 is 0 Å². The Bertz CT molecular complexity index is 667. The first kappa shape index (κ1) is 17.6. The van der Waals surface area contributed by atoms with Gasteiger partial charge in [-0.1, -0.05) is 44.2 Å². The predicted octanol–water partition coefficient (Wildman–Crippen LogP) is 3.83. The van der Waals surface area contributed by atoms with Crippen molar-refractivity contribution in [2.75, 3.05) is 7.05 Å². The minimum atomic E-state index is -1.14. The van der Waals surface area contributed by atoms with Crippen LogP contribution >= 0.6 is 11.3 Å². The fourth-order valence-corrected chi connectivity index (χ4v) is 3.57. The molecular formula is C18H24N2O2S. The van der Waals surface area contributed by atoms with Crippen LogP contribution in [0.3, 0.4) is 0 Å². The van der Waals surface area contributed by atoms with Gasteiger partial charge in [-0.15, -0.1) is 11.3 Å². The number of aryl methyl sites for hydroxylation is 1. The molecule has 2 rings (SSSR count). The minimum absolute atomic E-state index is 0.120. The van der Waals surface area contributed by atoms with E-state index in [-0.39, 0.29) is 11.9 Å². The van der Waals surface area contributed by atoms with E-state index in [1.54, 1.807) is 35.4 Å². The lowest BCUT2D eigenvalue weighted by atomic mass is 10.1. The van der Waals surface area contributed by atoms with E-state index in [4.69, 9.17) is 0 Å². The second-order valence-electron chi connectivity index (χ2n) is 6.09. The Labute approximate surface area is 141 Å². The summed E-state index contributed by atoms with van der Waals surface area (Å²) in [5.74, 6) is 0.0677. The SMILES string of the molecule is Cc1nc(C(C)C)sc1C(C)N(C)C(=O)C(O)c1ccccc1. The minimum Gasteiger partial charge on any atom is -0.378 e. The standard InChI is InChI=1S/C18H24N2O2S/c1-11(2)17-19-12(3)16(23-17)13(4)20(5)18(22)15(21)14-9-7-6-8-10-14/h6-11,13,15,21H,1-5H3. The first-order valence-corrected chi connectivity index (χ1v) is 8.61. The number of hydrogen-bond donors (Lipinski definition) is 1. The maximum Gasteiger partial charge on any atom is 0.256 e. The largest absolute Gasteiger partial charge is 0.378 e. The zero-order valence-electron chi connectivity index (χ0n) is 14.3. The number of hydrogen-bond acceptors (Lipinski definition) is 4. The molecule has 0 saturated heterocycles. The van der Waals surface area contributed by atoms with Crippen LogP contribution in [0.2, 0.25) is 0 Å². The van der Waals surface area contributed by atoms with Crippen molar-refractivity contribution in [3.05, 3.63) is 51.5 Å². The summed E-state index contributed by atoms with van der Waals surface area (Å²) in [5.41, 5.74) is 1.57. The molecule has 1 N–H and O–H groups in total. The average Bonchev–Trinajstić information content (AvgIpc) is 2.95. The highest BCUT2D eigenvalue weighted by Gasteiger charge is 2.27. The summed E-state index contributed by atoms with van der Waals surface area (Å²) in [6, 6.07) is 8.90. The number of aliphatic hydroxyl groups excluding tert-OH is 1. The molecule has 2 aromatic rings. The highest BCUT2D eigenvalue weighted by atomic mass is 32.1. The summed E-state index contributed by atoms with van der Waals surface area (Å²) < 4.78 is 0. The number of rotatable bonds is 5. The highest BCUT2D eigenvalue weighted by molar-refractivity contribution is 7.11. The van der Waals surface area contributed by atoms with Gasteiger partial charge >= 0.3 is 0 Å². The number of thiazole rings is 1. The summed E-state index contributed by atoms with van der Waals surface area (Å²) in [6.07, 6.45) is -1.14. The molecule has 0 spiro atoms. The van der Waals surface area contributed by atoms with Gasteiger partial charge in [-0.25, -0.2) is 4.98 Å². The molecule has 0 fully saturated rings. The summed E-state index contributed by atoms with van der Waals surface area (Å²) in [5, 5.41) is 11.4. The van der Waals surface area contributed by atoms with Gasteiger partial charge in [0, 0.05) is 17.8 Å². The fourth-order valence-electron chi connectivity index (χ4n) is 2.40. The van der Waals surface area contributed by atoms with Crippen LogP contribution in [-0.4, -0.2) is 27.9 Å². The molecule has 5 heteroatoms. The van der Waals surface area contributed by atoms with Crippen molar-refractivity contribution in [2.24, 2.45) is 0 Å². The number of aromatic nitrogens is 1. The monoisotopic (exact) mass is 332 g/mol. The van der Waals surface area contributed by atoms with E-state index < -0.39 is 6.10 Å². The molecular weight excluding hydrogens is 308 g/mol. The molecule has 1 aromatic carbocycles. The third-order valence-corrected chi connectivity index (χ3v) is 5.63. The van der Waals surface area contributed by atoms with Crippen LogP contribution in [0.25, 0.3) is 0 Å². The Morgan fingerprint density at radius 1 is 1.22 bits per heavy atom. The number of aliphatic hydroxyl groups is 1. The van der Waals surface area contributed by atoms with E-state index in [2.05, 4.69) is 18.8 Å². The van der Waals surface area contributed by atoms with Gasteiger partial charge in [0.15, 0.2) is 6.10 Å². The average molecular weight is 332 g/mol. The number of carbonyl (C=O) groups is 1. The Morgan fingerprint density at radius 2 is 1.83 bits per heavy atom. The van der Waals surface area contributed by atoms with E-state index >= 15 is 0 Å². The summed E-state index contributed by atoms with van der Waals surface area (Å²) >= 11 is 1.64. The van der Waals surface area contributed by atoms with Crippen LogP contribution in [0.5, 0.6) is 0 Å². The van der Waals surface area contributed by atoms with Gasteiger partial charge in [-0.2, -0.15) is 0 Å². The fraction of sp³-hybridized carbons (Fsp3) is 0.444. The van der Waals surface area contributed by atoms with Gasteiger partial charge in [0.05, 0.1) is 16.7 Å². The molecule has 2 atom stereocenters. The topological polar surface area (TPSA) is 53.4 Å². The zero-order chi connectivity index (χ0) is 17.1. The Kier molecular flexibility index (Phi) is 5.55. The number of nitrogens with zero attached hydrogens (tertiary/aromatic N) is 2. The van der Waals surface area contributed by atoms with Gasteiger partial charge in [0.25, 0.3) is 5.91 Å². The van der Waals surface area contributed by atoms with Crippen LogP contribution in [0.4, 0.5) is 0 Å².